The zero-order chi connectivity index (χ0) is 22.7. The van der Waals surface area contributed by atoms with E-state index in [1.807, 2.05) is 43.3 Å². The number of fused-ring (bicyclic) bond motifs is 1. The van der Waals surface area contributed by atoms with E-state index in [4.69, 9.17) is 17.0 Å². The van der Waals surface area contributed by atoms with Gasteiger partial charge in [-0.15, -0.1) is 0 Å². The van der Waals surface area contributed by atoms with Crippen LogP contribution >= 0.6 is 24.0 Å². The van der Waals surface area contributed by atoms with E-state index in [0.717, 1.165) is 5.56 Å². The molecule has 1 N–H and O–H groups in total. The summed E-state index contributed by atoms with van der Waals surface area (Å²) >= 11 is 6.70. The first kappa shape index (κ1) is 22.2. The monoisotopic (exact) mass is 466 g/mol. The van der Waals surface area contributed by atoms with Gasteiger partial charge in [-0.25, -0.2) is 4.98 Å². The molecule has 0 bridgehead atoms. The zero-order valence-electron chi connectivity index (χ0n) is 17.6. The predicted octanol–water partition coefficient (Wildman–Crippen LogP) is 3.72. The fourth-order valence-corrected chi connectivity index (χ4v) is 4.86. The Balaban J connectivity index is 1.74. The van der Waals surface area contributed by atoms with Gasteiger partial charge in [0.15, 0.2) is 0 Å². The molecule has 0 unspecified atom stereocenters. The lowest BCUT2D eigenvalue weighted by molar-refractivity contribution is -0.123. The fraction of sp³-hybridized carbons (Fsp3) is 0.217. The van der Waals surface area contributed by atoms with Crippen molar-refractivity contribution in [2.75, 3.05) is 25.6 Å². The molecule has 164 valence electrons. The van der Waals surface area contributed by atoms with Gasteiger partial charge in [-0.05, 0) is 30.7 Å². The van der Waals surface area contributed by atoms with E-state index in [2.05, 4.69) is 10.3 Å². The maximum Gasteiger partial charge on any atom is 0.267 e. The highest BCUT2D eigenvalue weighted by molar-refractivity contribution is 8.26. The molecule has 0 saturated carbocycles. The van der Waals surface area contributed by atoms with Crippen molar-refractivity contribution < 1.29 is 9.53 Å². The Labute approximate surface area is 195 Å². The third-order valence-corrected chi connectivity index (χ3v) is 6.47. The molecular formula is C23H22N4O3S2. The third kappa shape index (κ3) is 4.32. The lowest BCUT2D eigenvalue weighted by Gasteiger charge is -2.23. The van der Waals surface area contributed by atoms with Crippen LogP contribution in [0.1, 0.15) is 24.1 Å². The average Bonchev–Trinajstić information content (AvgIpc) is 3.09. The number of nitrogens with zero attached hydrogens (tertiary/aromatic N) is 3. The van der Waals surface area contributed by atoms with Crippen LogP contribution in [-0.4, -0.2) is 44.8 Å². The Morgan fingerprint density at radius 2 is 1.94 bits per heavy atom. The lowest BCUT2D eigenvalue weighted by Crippen LogP contribution is -2.31. The number of nitrogens with one attached hydrogen (secondary N) is 1. The van der Waals surface area contributed by atoms with E-state index in [-0.39, 0.29) is 17.5 Å². The van der Waals surface area contributed by atoms with Crippen molar-refractivity contribution in [1.29, 1.82) is 0 Å². The number of carbonyl (C=O) groups excluding carboxylic acids is 1. The summed E-state index contributed by atoms with van der Waals surface area (Å²) in [7, 11) is 1.60. The van der Waals surface area contributed by atoms with Crippen molar-refractivity contribution in [3.8, 4) is 0 Å². The lowest BCUT2D eigenvalue weighted by atomic mass is 10.1. The number of ether oxygens (including phenoxy) is 1. The minimum Gasteiger partial charge on any atom is -0.383 e. The molecular weight excluding hydrogens is 444 g/mol. The van der Waals surface area contributed by atoms with E-state index >= 15 is 0 Å². The molecule has 1 aliphatic heterocycles. The Kier molecular flexibility index (Phi) is 6.69. The van der Waals surface area contributed by atoms with Gasteiger partial charge in [0.1, 0.15) is 15.8 Å². The number of methoxy groups -OCH3 is 1. The fourth-order valence-electron chi connectivity index (χ4n) is 3.46. The standard InChI is InChI=1S/C23H22N4O3S2/c1-15(16-8-4-3-5-9-16)27-22(29)18(32-23(27)31)14-17-20(24-11-13-30-2)25-19-10-6-7-12-26(19)21(17)28/h3-10,12,14-15,24H,11,13H2,1-2H3/b18-14-/t15-/m1/s1. The van der Waals surface area contributed by atoms with Crippen LogP contribution in [0, 0.1) is 0 Å². The molecule has 9 heteroatoms. The number of hydrogen-bond donors (Lipinski definition) is 1. The molecule has 4 rings (SSSR count). The van der Waals surface area contributed by atoms with Crippen LogP contribution in [0.3, 0.4) is 0 Å². The second-order valence-corrected chi connectivity index (χ2v) is 8.84. The first-order chi connectivity index (χ1) is 15.5. The van der Waals surface area contributed by atoms with Crippen molar-refractivity contribution in [2.24, 2.45) is 0 Å². The van der Waals surface area contributed by atoms with Crippen LogP contribution in [0.25, 0.3) is 11.7 Å². The molecule has 2 aromatic heterocycles. The molecule has 1 saturated heterocycles. The van der Waals surface area contributed by atoms with Gasteiger partial charge in [-0.3, -0.25) is 18.9 Å². The van der Waals surface area contributed by atoms with E-state index < -0.39 is 0 Å². The minimum atomic E-state index is -0.267. The van der Waals surface area contributed by atoms with Gasteiger partial charge < -0.3 is 10.1 Å². The molecule has 1 atom stereocenters. The SMILES string of the molecule is COCCNc1nc2ccccn2c(=O)c1/C=C1\SC(=S)N([C@H](C)c2ccccc2)C1=O. The van der Waals surface area contributed by atoms with E-state index in [1.54, 1.807) is 36.4 Å². The number of anilines is 1. The normalized spacial score (nSPS) is 16.2. The number of thiocarbonyl (C=S) groups is 1. The Morgan fingerprint density at radius 3 is 2.69 bits per heavy atom. The number of thioether (sulfide) groups is 1. The Bertz CT molecular complexity index is 1260. The van der Waals surface area contributed by atoms with Crippen molar-refractivity contribution in [1.82, 2.24) is 14.3 Å². The van der Waals surface area contributed by atoms with Crippen LogP contribution in [0.5, 0.6) is 0 Å². The van der Waals surface area contributed by atoms with Crippen LogP contribution in [0.2, 0.25) is 0 Å². The van der Waals surface area contributed by atoms with Crippen molar-refractivity contribution >= 4 is 51.7 Å². The van der Waals surface area contributed by atoms with Gasteiger partial charge in [0.2, 0.25) is 0 Å². The summed E-state index contributed by atoms with van der Waals surface area (Å²) in [5.41, 5.74) is 1.54. The second kappa shape index (κ2) is 9.64. The molecule has 0 radical (unpaired) electrons. The highest BCUT2D eigenvalue weighted by Crippen LogP contribution is 2.38. The summed E-state index contributed by atoms with van der Waals surface area (Å²) in [5.74, 6) is 0.177. The number of rotatable bonds is 7. The van der Waals surface area contributed by atoms with Crippen LogP contribution < -0.4 is 10.9 Å². The van der Waals surface area contributed by atoms with Crippen molar-refractivity contribution in [2.45, 2.75) is 13.0 Å². The quantitative estimate of drug-likeness (QED) is 0.323. The largest absolute Gasteiger partial charge is 0.383 e. The molecule has 1 aromatic carbocycles. The molecule has 1 amide bonds. The van der Waals surface area contributed by atoms with Crippen LogP contribution in [0.15, 0.2) is 64.4 Å². The van der Waals surface area contributed by atoms with E-state index in [9.17, 15) is 9.59 Å². The smallest absolute Gasteiger partial charge is 0.267 e. The van der Waals surface area contributed by atoms with Gasteiger partial charge in [0.25, 0.3) is 11.5 Å². The van der Waals surface area contributed by atoms with E-state index in [0.29, 0.717) is 39.4 Å². The van der Waals surface area contributed by atoms with Gasteiger partial charge in [-0.1, -0.05) is 60.4 Å². The number of hydrogen-bond acceptors (Lipinski definition) is 7. The molecule has 1 aliphatic rings. The van der Waals surface area contributed by atoms with E-state index in [1.165, 1.54) is 16.2 Å². The van der Waals surface area contributed by atoms with Crippen molar-refractivity contribution in [3.63, 3.8) is 0 Å². The number of pyridine rings is 1. The third-order valence-electron chi connectivity index (χ3n) is 5.14. The topological polar surface area (TPSA) is 75.9 Å². The summed E-state index contributed by atoms with van der Waals surface area (Å²) in [6, 6.07) is 14.8. The number of amides is 1. The highest BCUT2D eigenvalue weighted by Gasteiger charge is 2.36. The van der Waals surface area contributed by atoms with Gasteiger partial charge >= 0.3 is 0 Å². The first-order valence-corrected chi connectivity index (χ1v) is 11.3. The highest BCUT2D eigenvalue weighted by atomic mass is 32.2. The Hall–Kier alpha value is -3.01. The van der Waals surface area contributed by atoms with Crippen LogP contribution in [-0.2, 0) is 9.53 Å². The summed E-state index contributed by atoms with van der Waals surface area (Å²) in [4.78, 5) is 33.1. The minimum absolute atomic E-state index is 0.218. The summed E-state index contributed by atoms with van der Waals surface area (Å²) in [6.45, 7) is 2.86. The summed E-state index contributed by atoms with van der Waals surface area (Å²) in [5, 5.41) is 3.15. The second-order valence-electron chi connectivity index (χ2n) is 7.17. The summed E-state index contributed by atoms with van der Waals surface area (Å²) < 4.78 is 7.01. The molecule has 7 nitrogen and oxygen atoms in total. The van der Waals surface area contributed by atoms with Gasteiger partial charge in [0, 0.05) is 19.9 Å². The molecule has 1 fully saturated rings. The number of aromatic nitrogens is 2. The molecule has 32 heavy (non-hydrogen) atoms. The maximum absolute atomic E-state index is 13.3. The zero-order valence-corrected chi connectivity index (χ0v) is 19.3. The van der Waals surface area contributed by atoms with Gasteiger partial charge in [-0.2, -0.15) is 0 Å². The maximum atomic E-state index is 13.3. The predicted molar refractivity (Wildman–Crippen MR) is 132 cm³/mol. The number of carbonyl (C=O) groups is 1. The molecule has 0 aliphatic carbocycles. The Morgan fingerprint density at radius 1 is 1.19 bits per heavy atom. The number of benzene rings is 1. The molecule has 3 heterocycles. The average molecular weight is 467 g/mol. The first-order valence-electron chi connectivity index (χ1n) is 10.1. The van der Waals surface area contributed by atoms with Crippen molar-refractivity contribution in [3.05, 3.63) is 81.1 Å². The molecule has 0 spiro atoms. The van der Waals surface area contributed by atoms with Crippen LogP contribution in [0.4, 0.5) is 5.82 Å². The van der Waals surface area contributed by atoms with Gasteiger partial charge in [0.05, 0.1) is 23.1 Å². The summed E-state index contributed by atoms with van der Waals surface area (Å²) in [6.07, 6.45) is 3.24. The molecule has 3 aromatic rings.